The summed E-state index contributed by atoms with van der Waals surface area (Å²) in [6, 6.07) is 48.2. The minimum absolute atomic E-state index is 0.103. The van der Waals surface area contributed by atoms with Crippen molar-refractivity contribution in [3.8, 4) is 57.1 Å². The Morgan fingerprint density at radius 1 is 0.169 bits per heavy atom. The lowest BCUT2D eigenvalue weighted by Crippen LogP contribution is -2.46. The maximum atomic E-state index is 6.87. The minimum Gasteiger partial charge on any atom is -0.487 e. The number of fused-ring (bicyclic) bond motifs is 10. The molecule has 8 aromatic carbocycles. The zero-order valence-corrected chi connectivity index (χ0v) is 83.7. The van der Waals surface area contributed by atoms with Gasteiger partial charge in [-0.15, -0.1) is 0 Å². The SMILES string of the molecule is COCCOCCOCCOc1ccc(C2=NC3(N=C2c2ccc(OCCOCCOCCOC)c(OCCOCCOCCOC)c2)c2ccc4ccccc4c2-c2c(ccc4ccccc24)C32N=C(c3ccc(OCCOCCOCCOC)c(OCCOCCOCCOC)c3)C(c3ccc(OCCOCCOCCOC)c(OCCOCCOCCOC)c3)=N2)cc1OCCOCCOCCOC. The van der Waals surface area contributed by atoms with Crippen LogP contribution in [0.1, 0.15) is 33.4 Å². The zero-order valence-electron chi connectivity index (χ0n) is 83.7. The van der Waals surface area contributed by atoms with Crippen molar-refractivity contribution in [1.82, 2.24) is 0 Å². The molecule has 142 heavy (non-hydrogen) atoms. The van der Waals surface area contributed by atoms with Crippen molar-refractivity contribution >= 4 is 44.4 Å². The largest absolute Gasteiger partial charge is 0.487 e. The summed E-state index contributed by atoms with van der Waals surface area (Å²) in [7, 11) is 13.1. The average Bonchev–Trinajstić information content (AvgIpc) is 1.46. The first-order chi connectivity index (χ1) is 70.3. The van der Waals surface area contributed by atoms with Gasteiger partial charge in [0.05, 0.1) is 287 Å². The van der Waals surface area contributed by atoms with Gasteiger partial charge < -0.3 is 152 Å². The summed E-state index contributed by atoms with van der Waals surface area (Å²) in [5.41, 5.74) is 3.07. The van der Waals surface area contributed by atoms with E-state index in [1.54, 1.807) is 56.9 Å². The molecule has 0 saturated carbocycles. The van der Waals surface area contributed by atoms with Gasteiger partial charge in [-0.1, -0.05) is 72.8 Å². The quantitative estimate of drug-likeness (QED) is 0.0320. The van der Waals surface area contributed by atoms with E-state index in [1.165, 1.54) is 0 Å². The topological polar surface area (TPSA) is 345 Å². The summed E-state index contributed by atoms with van der Waals surface area (Å²) in [6.45, 7) is 15.2. The third-order valence-corrected chi connectivity index (χ3v) is 22.1. The van der Waals surface area contributed by atoms with Gasteiger partial charge in [0.1, 0.15) is 52.9 Å². The molecule has 0 aromatic heterocycles. The van der Waals surface area contributed by atoms with Crippen molar-refractivity contribution in [3.05, 3.63) is 179 Å². The lowest BCUT2D eigenvalue weighted by molar-refractivity contribution is 0.0159. The van der Waals surface area contributed by atoms with Crippen LogP contribution in [0.25, 0.3) is 32.7 Å². The van der Waals surface area contributed by atoms with Gasteiger partial charge in [-0.25, -0.2) is 20.0 Å². The number of benzene rings is 8. The van der Waals surface area contributed by atoms with Crippen molar-refractivity contribution < 1.29 is 152 Å². The Labute approximate surface area is 833 Å². The van der Waals surface area contributed by atoms with Crippen molar-refractivity contribution in [2.24, 2.45) is 20.0 Å². The molecule has 0 radical (unpaired) electrons. The molecule has 0 N–H and O–H groups in total. The molecule has 2 spiro atoms. The van der Waals surface area contributed by atoms with Gasteiger partial charge in [0.25, 0.3) is 0 Å². The van der Waals surface area contributed by atoms with E-state index in [9.17, 15) is 0 Å². The van der Waals surface area contributed by atoms with Crippen LogP contribution in [0.15, 0.2) is 166 Å². The Bertz CT molecular complexity index is 4500. The molecule has 36 heteroatoms. The second-order valence-electron chi connectivity index (χ2n) is 31.8. The second kappa shape index (κ2) is 67.2. The highest BCUT2D eigenvalue weighted by molar-refractivity contribution is 6.56. The Morgan fingerprint density at radius 3 is 0.528 bits per heavy atom. The third-order valence-electron chi connectivity index (χ3n) is 22.1. The fraction of sp³-hybridized carbons (Fsp3) is 0.547. The molecule has 11 rings (SSSR count). The molecule has 0 bridgehead atoms. The number of aliphatic imine (C=N–C) groups is 4. The van der Waals surface area contributed by atoms with Crippen LogP contribution in [0.5, 0.6) is 46.0 Å². The normalized spacial score (nSPS) is 13.4. The number of methoxy groups -OCH3 is 8. The lowest BCUT2D eigenvalue weighted by atomic mass is 9.69. The molecule has 0 saturated heterocycles. The fourth-order valence-corrected chi connectivity index (χ4v) is 15.3. The highest BCUT2D eigenvalue weighted by Crippen LogP contribution is 2.63. The molecule has 36 nitrogen and oxygen atoms in total. The van der Waals surface area contributed by atoms with E-state index >= 15 is 0 Å². The van der Waals surface area contributed by atoms with E-state index in [4.69, 9.17) is 172 Å². The van der Waals surface area contributed by atoms with Crippen molar-refractivity contribution in [1.29, 1.82) is 0 Å². The predicted octanol–water partition coefficient (Wildman–Crippen LogP) is 11.4. The lowest BCUT2D eigenvalue weighted by Gasteiger charge is -2.44. The Kier molecular flexibility index (Phi) is 53.3. The molecule has 0 fully saturated rings. The van der Waals surface area contributed by atoms with Crippen LogP contribution in [-0.4, -0.2) is 397 Å². The highest BCUT2D eigenvalue weighted by atomic mass is 16.6. The predicted molar refractivity (Wildman–Crippen MR) is 534 cm³/mol. The van der Waals surface area contributed by atoms with Crippen LogP contribution in [0.3, 0.4) is 0 Å². The highest BCUT2D eigenvalue weighted by Gasteiger charge is 2.64. The summed E-state index contributed by atoms with van der Waals surface area (Å²) < 4.78 is 191. The van der Waals surface area contributed by atoms with Crippen molar-refractivity contribution in [3.63, 3.8) is 0 Å². The second-order valence-corrected chi connectivity index (χ2v) is 31.8. The zero-order chi connectivity index (χ0) is 99.2. The number of hydrogen-bond donors (Lipinski definition) is 0. The van der Waals surface area contributed by atoms with Crippen LogP contribution < -0.4 is 37.9 Å². The summed E-state index contributed by atoms with van der Waals surface area (Å²) in [5.74, 6) is 3.14. The summed E-state index contributed by atoms with van der Waals surface area (Å²) >= 11 is 0. The number of ether oxygens (including phenoxy) is 32. The summed E-state index contributed by atoms with van der Waals surface area (Å²) in [4.78, 5) is 25.6. The van der Waals surface area contributed by atoms with Gasteiger partial charge in [-0.3, -0.25) is 0 Å². The average molecular weight is 1990 g/mol. The smallest absolute Gasteiger partial charge is 0.227 e. The van der Waals surface area contributed by atoms with Crippen LogP contribution in [0.4, 0.5) is 0 Å². The molecule has 0 atom stereocenters. The molecule has 1 aliphatic carbocycles. The maximum Gasteiger partial charge on any atom is 0.227 e. The van der Waals surface area contributed by atoms with Gasteiger partial charge in [0.2, 0.25) is 11.3 Å². The van der Waals surface area contributed by atoms with Crippen LogP contribution in [-0.2, 0) is 125 Å². The first kappa shape index (κ1) is 113. The summed E-state index contributed by atoms with van der Waals surface area (Å²) in [6.07, 6.45) is 0. The maximum absolute atomic E-state index is 6.87. The van der Waals surface area contributed by atoms with Crippen LogP contribution in [0.2, 0.25) is 0 Å². The first-order valence-electron chi connectivity index (χ1n) is 48.5. The van der Waals surface area contributed by atoms with E-state index < -0.39 is 11.3 Å². The Balaban J connectivity index is 1.16. The van der Waals surface area contributed by atoms with E-state index in [0.717, 1.165) is 32.7 Å². The van der Waals surface area contributed by atoms with E-state index in [-0.39, 0.29) is 106 Å². The van der Waals surface area contributed by atoms with E-state index in [1.807, 2.05) is 84.9 Å². The first-order valence-corrected chi connectivity index (χ1v) is 48.5. The molecular formula is C106H144N4O32. The molecule has 2 heterocycles. The van der Waals surface area contributed by atoms with E-state index in [2.05, 4.69) is 60.7 Å². The molecule has 0 amide bonds. The molecule has 2 aliphatic heterocycles. The molecule has 8 aromatic rings. The van der Waals surface area contributed by atoms with E-state index in [0.29, 0.717) is 314 Å². The Hall–Kier alpha value is -9.60. The molecule has 0 unspecified atom stereocenters. The Morgan fingerprint density at radius 2 is 0.338 bits per heavy atom. The van der Waals surface area contributed by atoms with Crippen LogP contribution >= 0.6 is 0 Å². The van der Waals surface area contributed by atoms with Gasteiger partial charge in [0.15, 0.2) is 46.0 Å². The van der Waals surface area contributed by atoms with Gasteiger partial charge >= 0.3 is 0 Å². The fourth-order valence-electron chi connectivity index (χ4n) is 15.3. The van der Waals surface area contributed by atoms with Gasteiger partial charge in [-0.05, 0) is 105 Å². The van der Waals surface area contributed by atoms with Gasteiger partial charge in [0, 0.05) is 90.3 Å². The minimum atomic E-state index is -1.94. The van der Waals surface area contributed by atoms with Gasteiger partial charge in [-0.2, -0.15) is 0 Å². The van der Waals surface area contributed by atoms with Crippen molar-refractivity contribution in [2.45, 2.75) is 11.3 Å². The van der Waals surface area contributed by atoms with Crippen LogP contribution in [0, 0.1) is 0 Å². The standard InChI is InChI=1S/C106H144N4O32/c1-111-29-37-119-45-53-127-61-69-135-91-25-19-83(77-95(91)139-73-65-131-57-49-123-41-33-115-5)101-102(84-20-26-92(136-70-62-128-54-46-120-38-30-112-2)96(78-84)140-74-66-132-58-50-124-42-34-116-6)108-105(107-101)89-23-17-81-13-9-11-15-87(81)99(89)100-88-16-12-10-14-82(88)18-24-90(100)106(105)109-103(85-21-27-93(137-71-63-129-55-47-121-39-31-113-3)97(79-85)141-75-67-133-59-51-125-43-35-117-7)104(110-106)86-22-28-94(138-72-64-130-56-48-122-40-32-114-4)98(80-86)142-76-68-134-60-52-126-44-36-118-8/h9-28,77-80H,29-76H2,1-8H3. The molecule has 3 aliphatic rings. The van der Waals surface area contributed by atoms with Crippen molar-refractivity contribution in [2.75, 3.05) is 374 Å². The number of nitrogens with zero attached hydrogens (tertiary/aromatic N) is 4. The number of rotatable bonds is 84. The third kappa shape index (κ3) is 35.7. The monoisotopic (exact) mass is 1980 g/mol. The number of hydrogen-bond acceptors (Lipinski definition) is 36. The molecular weight excluding hydrogens is 1840 g/mol. The summed E-state index contributed by atoms with van der Waals surface area (Å²) in [5, 5.41) is 3.77. The molecule has 780 valence electrons.